The third kappa shape index (κ3) is 25.5. The second kappa shape index (κ2) is 42.3. The number of ketones is 1. The van der Waals surface area contributed by atoms with Crippen LogP contribution in [-0.2, 0) is 18.8 Å². The molecule has 4 heterocycles. The van der Waals surface area contributed by atoms with Gasteiger partial charge in [-0.2, -0.15) is 21.0 Å². The molecular formula is C75H79Cl5IN12O8P. The first-order valence-corrected chi connectivity index (χ1v) is 38.7. The van der Waals surface area contributed by atoms with Gasteiger partial charge in [-0.1, -0.05) is 47.7 Å². The van der Waals surface area contributed by atoms with Crippen LogP contribution < -0.4 is 31.1 Å². The van der Waals surface area contributed by atoms with Crippen molar-refractivity contribution < 1.29 is 38.3 Å². The molecule has 0 spiro atoms. The number of amides is 1. The summed E-state index contributed by atoms with van der Waals surface area (Å²) in [6.07, 6.45) is 9.17. The number of esters is 2. The van der Waals surface area contributed by atoms with Crippen molar-refractivity contribution in [1.29, 1.82) is 21.0 Å². The fraction of sp³-hybridized carbons (Fsp3) is 0.307. The third-order valence-corrected chi connectivity index (χ3v) is 17.0. The molecule has 0 unspecified atom stereocenters. The molecule has 0 radical (unpaired) electrons. The molecule has 1 amide bonds. The van der Waals surface area contributed by atoms with Gasteiger partial charge >= 0.3 is 17.1 Å². The van der Waals surface area contributed by atoms with Crippen LogP contribution in [-0.4, -0.2) is 111 Å². The fourth-order valence-corrected chi connectivity index (χ4v) is 11.5. The van der Waals surface area contributed by atoms with Gasteiger partial charge in [0.1, 0.15) is 11.7 Å². The number of nitrogen functional groups attached to an aromatic ring is 1. The number of Topliss-reactive ketones (excluding diaryl/α,β-unsaturated/α-hetero) is 1. The summed E-state index contributed by atoms with van der Waals surface area (Å²) in [6.45, 7) is 7.90. The number of aryl methyl sites for hydroxylation is 3. The molecule has 20 nitrogen and oxygen atoms in total. The number of rotatable bonds is 8. The number of likely N-dealkylation sites (N-methyl/N-ethyl adjacent to an activating group) is 2. The highest BCUT2D eigenvalue weighted by Crippen LogP contribution is 2.61. The molecule has 1 aliphatic carbocycles. The number of nitrogens with one attached hydrogen (secondary N) is 2. The maximum atomic E-state index is 12.8. The number of halogens is 6. The van der Waals surface area contributed by atoms with E-state index in [1.165, 1.54) is 39.9 Å². The summed E-state index contributed by atoms with van der Waals surface area (Å²) in [5.41, 5.74) is 15.2. The Kier molecular flexibility index (Phi) is 34.9. The molecule has 534 valence electrons. The largest absolute Gasteiger partial charge is 0.465 e. The Labute approximate surface area is 634 Å². The number of methoxy groups -OCH3 is 2. The van der Waals surface area contributed by atoms with E-state index < -0.39 is 16.8 Å². The fourth-order valence-electron chi connectivity index (χ4n) is 11.2. The van der Waals surface area contributed by atoms with Crippen LogP contribution in [0.3, 0.4) is 0 Å². The van der Waals surface area contributed by atoms with Crippen molar-refractivity contribution in [2.24, 2.45) is 9.98 Å². The first-order valence-electron chi connectivity index (χ1n) is 32.1. The van der Waals surface area contributed by atoms with Crippen LogP contribution in [0.2, 0.25) is 0 Å². The van der Waals surface area contributed by atoms with Gasteiger partial charge in [-0.3, -0.25) is 14.2 Å². The molecule has 3 atom stereocenters. The number of carbonyl (C=O) groups excluding carboxylic acids is 4. The van der Waals surface area contributed by atoms with E-state index in [4.69, 9.17) is 59.7 Å². The summed E-state index contributed by atoms with van der Waals surface area (Å²) in [6, 6.07) is 55.1. The molecule has 5 N–H and O–H groups in total. The molecule has 4 fully saturated rings. The number of anilines is 4. The number of benzene rings is 7. The molecule has 0 bridgehead atoms. The van der Waals surface area contributed by atoms with Gasteiger partial charge < -0.3 is 45.6 Å². The number of nitrogens with zero attached hydrogens (tertiary/aromatic N) is 9. The van der Waals surface area contributed by atoms with Crippen LogP contribution in [0.4, 0.5) is 34.1 Å². The highest BCUT2D eigenvalue weighted by molar-refractivity contribution is 14.1. The number of aliphatic hydroxyl groups is 1. The Balaban J connectivity index is 0.000000224. The summed E-state index contributed by atoms with van der Waals surface area (Å²) in [5, 5.41) is 49.5. The average molecular weight is 1610 g/mol. The van der Waals surface area contributed by atoms with Crippen LogP contribution >= 0.6 is 84.7 Å². The summed E-state index contributed by atoms with van der Waals surface area (Å²) in [5.74, 6) is 0.395. The first kappa shape index (κ1) is 84.3. The standard InChI is InChI=1S/C20H19N3O2.C19H15N3O2.C11H10N2O.C9H11NO2.C8H18N2.C7H4IN.CH2Cl2.Cl3OP/c1-14-5-10-18(17(12-14)20(24)25-2)22-19-4-3-11-23(19)16-8-6-15(13-21)7-9-16;1-12-2-7-16-15(10-12)17(23)19(24)8-9-22(18(19)21-16)14-5-3-13(11-20)4-6-14;12-8-9-3-5-10(6-4-9)13-7-1-2-11(13)14;1-6-3-4-8(10)7(5-6)9(11)12-2;1-9-7-5-3-4-6-8(7)10-2;8-7-3-1-6(5-9)2-4-7;2-1-3;1-5(2,3)4/h5-10,12H,3-4,11H2,1-2H3;2-7,10,24H,8-9H2,1H3;3-6H,1-2,7H2;3-5H,10H2,1-2H3;7-10H,3-6H2,1-2H3;1-4H;1H2;/t;19-;;;7-,8-;;;/m.1..1.../s1. The van der Waals surface area contributed by atoms with Gasteiger partial charge in [0.25, 0.3) is 0 Å². The number of fused-ring (bicyclic) bond motifs is 2. The number of aliphatic imine (C=N–C) groups is 2. The molecule has 7 aromatic carbocycles. The zero-order chi connectivity index (χ0) is 75.1. The lowest BCUT2D eigenvalue weighted by Crippen LogP contribution is -2.48. The van der Waals surface area contributed by atoms with Crippen molar-refractivity contribution in [1.82, 2.24) is 10.6 Å². The Morgan fingerprint density at radius 1 is 0.627 bits per heavy atom. The SMILES string of the molecule is CN[C@@H]1CCCC[C@H]1NC.COC(=O)c1cc(C)ccc1N.COC(=O)c1cc(C)ccc1N=C1CCCN1c1ccc(C#N)cc1.Cc1ccc2c(c1)C(=O)[C@]1(O)CCN(c3ccc(C#N)cc3)C1=N2.ClCCl.N#Cc1ccc(I)cc1.N#Cc1ccc(N2CCCC2=O)cc1.O=P(Cl)(Cl)Cl. The number of nitriles is 4. The number of amidine groups is 2. The minimum absolute atomic E-state index is 0.176. The van der Waals surface area contributed by atoms with Crippen molar-refractivity contribution >= 4 is 154 Å². The number of carbonyl (C=O) groups is 4. The second-order valence-electron chi connectivity index (χ2n) is 23.2. The number of hydrogen-bond donors (Lipinski definition) is 4. The van der Waals surface area contributed by atoms with Crippen LogP contribution in [0.15, 0.2) is 162 Å². The van der Waals surface area contributed by atoms with E-state index in [-0.39, 0.29) is 23.0 Å². The van der Waals surface area contributed by atoms with Gasteiger partial charge in [-0.05, 0) is 250 Å². The molecule has 102 heavy (non-hydrogen) atoms. The number of ether oxygens (including phenoxy) is 2. The molecular weight excluding hydrogens is 1530 g/mol. The number of nitrogens with two attached hydrogens (primary N) is 1. The summed E-state index contributed by atoms with van der Waals surface area (Å²) in [7, 11) is 6.82. The van der Waals surface area contributed by atoms with Crippen LogP contribution in [0.25, 0.3) is 0 Å². The van der Waals surface area contributed by atoms with E-state index >= 15 is 0 Å². The lowest BCUT2D eigenvalue weighted by atomic mass is 9.87. The maximum Gasteiger partial charge on any atom is 0.340 e. The molecule has 12 rings (SSSR count). The van der Waals surface area contributed by atoms with E-state index in [0.29, 0.717) is 87.7 Å². The van der Waals surface area contributed by atoms with Gasteiger partial charge in [-0.25, -0.2) is 19.6 Å². The zero-order valence-corrected chi connectivity index (χ0v) is 64.2. The zero-order valence-electron chi connectivity index (χ0n) is 57.4. The van der Waals surface area contributed by atoms with E-state index in [1.54, 1.807) is 65.6 Å². The number of alkyl halides is 2. The van der Waals surface area contributed by atoms with Crippen LogP contribution in [0, 0.1) is 69.7 Å². The third-order valence-electron chi connectivity index (χ3n) is 16.3. The lowest BCUT2D eigenvalue weighted by Gasteiger charge is -2.30. The molecule has 4 aliphatic heterocycles. The highest BCUT2D eigenvalue weighted by Gasteiger charge is 2.52. The minimum atomic E-state index is -3.22. The first-order chi connectivity index (χ1) is 48.7. The Morgan fingerprint density at radius 2 is 1.04 bits per heavy atom. The van der Waals surface area contributed by atoms with Gasteiger partial charge in [0.15, 0.2) is 5.60 Å². The molecule has 1 saturated carbocycles. The monoisotopic (exact) mass is 1610 g/mol. The van der Waals surface area contributed by atoms with E-state index in [9.17, 15) is 28.8 Å². The normalized spacial score (nSPS) is 17.0. The van der Waals surface area contributed by atoms with Gasteiger partial charge in [0.05, 0.1) is 88.6 Å². The van der Waals surface area contributed by atoms with Crippen molar-refractivity contribution in [3.05, 3.63) is 211 Å². The topological polar surface area (TPSA) is 304 Å². The molecule has 3 saturated heterocycles. The van der Waals surface area contributed by atoms with E-state index in [0.717, 1.165) is 81.1 Å². The molecule has 7 aromatic rings. The second-order valence-corrected chi connectivity index (χ2v) is 31.9. The van der Waals surface area contributed by atoms with Crippen molar-refractivity contribution in [3.63, 3.8) is 0 Å². The number of hydrogen-bond acceptors (Lipinski definition) is 18. The molecule has 5 aliphatic rings. The van der Waals surface area contributed by atoms with E-state index in [2.05, 4.69) is 120 Å². The van der Waals surface area contributed by atoms with Crippen molar-refractivity contribution in [3.8, 4) is 24.3 Å². The highest BCUT2D eigenvalue weighted by atomic mass is 127. The molecule has 27 heteroatoms. The van der Waals surface area contributed by atoms with Crippen molar-refractivity contribution in [2.75, 3.05) is 73.7 Å². The van der Waals surface area contributed by atoms with Crippen molar-refractivity contribution in [2.45, 2.75) is 96.2 Å². The Bertz CT molecular complexity index is 4270. The predicted molar refractivity (Wildman–Crippen MR) is 417 cm³/mol. The van der Waals surface area contributed by atoms with Gasteiger partial charge in [-0.15, -0.1) is 23.2 Å². The maximum absolute atomic E-state index is 12.8. The van der Waals surface area contributed by atoms with Gasteiger partial charge in [0.2, 0.25) is 11.7 Å². The summed E-state index contributed by atoms with van der Waals surface area (Å²) in [4.78, 5) is 62.4. The van der Waals surface area contributed by atoms with Crippen LogP contribution in [0.1, 0.15) is 128 Å². The molecule has 0 aromatic heterocycles. The smallest absolute Gasteiger partial charge is 0.340 e. The predicted octanol–water partition coefficient (Wildman–Crippen LogP) is 16.9. The van der Waals surface area contributed by atoms with Gasteiger partial charge in [0, 0.05) is 82.9 Å². The Hall–Kier alpha value is -8.39. The summed E-state index contributed by atoms with van der Waals surface area (Å²) < 4.78 is 20.1. The quantitative estimate of drug-likeness (QED) is 0.0361. The Morgan fingerprint density at radius 3 is 1.50 bits per heavy atom. The lowest BCUT2D eigenvalue weighted by molar-refractivity contribution is -0.117. The van der Waals surface area contributed by atoms with E-state index in [1.807, 2.05) is 117 Å². The minimum Gasteiger partial charge on any atom is -0.465 e. The summed E-state index contributed by atoms with van der Waals surface area (Å²) >= 11 is 25.6. The van der Waals surface area contributed by atoms with Crippen LogP contribution in [0.5, 0.6) is 0 Å². The average Bonchev–Trinajstić information content (AvgIpc) is 1.53.